The number of rotatable bonds is 4. The number of carbonyl (C=O) groups is 1. The van der Waals surface area contributed by atoms with Crippen LogP contribution in [0.3, 0.4) is 0 Å². The van der Waals surface area contributed by atoms with Crippen molar-refractivity contribution in [3.63, 3.8) is 0 Å². The van der Waals surface area contributed by atoms with E-state index in [0.29, 0.717) is 12.1 Å². The van der Waals surface area contributed by atoms with Crippen LogP contribution in [0.5, 0.6) is 0 Å². The Morgan fingerprint density at radius 1 is 1.21 bits per heavy atom. The maximum absolute atomic E-state index is 13.2. The minimum absolute atomic E-state index is 0.00799. The molecule has 1 aromatic rings. The fraction of sp³-hybridized carbons (Fsp3) is 0.650. The van der Waals surface area contributed by atoms with Gasteiger partial charge in [0.1, 0.15) is 4.90 Å². The molecular weight excluding hydrogens is 400 g/mol. The van der Waals surface area contributed by atoms with Gasteiger partial charge in [-0.25, -0.2) is 8.42 Å². The first kappa shape index (κ1) is 21.6. The fourth-order valence-corrected chi connectivity index (χ4v) is 6.25. The van der Waals surface area contributed by atoms with Gasteiger partial charge in [-0.3, -0.25) is 4.79 Å². The molecule has 1 aromatic carbocycles. The maximum atomic E-state index is 13.2. The summed E-state index contributed by atoms with van der Waals surface area (Å²) in [5.74, 6) is -0.122. The third kappa shape index (κ3) is 4.37. The van der Waals surface area contributed by atoms with E-state index in [1.165, 1.54) is 16.4 Å². The summed E-state index contributed by atoms with van der Waals surface area (Å²) in [5.41, 5.74) is 0.373. The zero-order chi connectivity index (χ0) is 20.5. The molecule has 0 aromatic heterocycles. The minimum Gasteiger partial charge on any atom is -0.373 e. The van der Waals surface area contributed by atoms with Crippen molar-refractivity contribution in [2.24, 2.45) is 0 Å². The number of morpholine rings is 1. The monoisotopic (exact) mass is 428 g/mol. The summed E-state index contributed by atoms with van der Waals surface area (Å²) in [7, 11) is -3.81. The van der Waals surface area contributed by atoms with Crippen LogP contribution in [0.1, 0.15) is 56.8 Å². The number of benzene rings is 1. The van der Waals surface area contributed by atoms with Crippen molar-refractivity contribution < 1.29 is 17.9 Å². The van der Waals surface area contributed by atoms with Gasteiger partial charge < -0.3 is 9.64 Å². The van der Waals surface area contributed by atoms with Gasteiger partial charge in [-0.1, -0.05) is 18.5 Å². The molecule has 2 fully saturated rings. The number of hydrogen-bond acceptors (Lipinski definition) is 4. The normalized spacial score (nSPS) is 27.0. The first-order chi connectivity index (χ1) is 13.2. The Morgan fingerprint density at radius 3 is 2.54 bits per heavy atom. The van der Waals surface area contributed by atoms with Gasteiger partial charge >= 0.3 is 0 Å². The summed E-state index contributed by atoms with van der Waals surface area (Å²) in [6, 6.07) is 4.78. The quantitative estimate of drug-likeness (QED) is 0.735. The van der Waals surface area contributed by atoms with Gasteiger partial charge in [0.25, 0.3) is 5.91 Å². The third-order valence-electron chi connectivity index (χ3n) is 5.54. The predicted octanol–water partition coefficient (Wildman–Crippen LogP) is 3.54. The lowest BCUT2D eigenvalue weighted by molar-refractivity contribution is -0.0440. The molecule has 6 nitrogen and oxygen atoms in total. The Labute approximate surface area is 172 Å². The Morgan fingerprint density at radius 2 is 1.89 bits per heavy atom. The molecular formula is C20H29ClN2O4S. The number of carbonyl (C=O) groups excluding carboxylic acids is 1. The molecule has 3 rings (SSSR count). The Hall–Kier alpha value is -1.15. The maximum Gasteiger partial charge on any atom is 0.254 e. The van der Waals surface area contributed by atoms with Crippen LogP contribution in [0.15, 0.2) is 23.1 Å². The van der Waals surface area contributed by atoms with Crippen LogP contribution in [0, 0.1) is 0 Å². The molecule has 0 aliphatic carbocycles. The molecule has 2 heterocycles. The van der Waals surface area contributed by atoms with Crippen molar-refractivity contribution in [3.05, 3.63) is 28.8 Å². The van der Waals surface area contributed by atoms with E-state index in [4.69, 9.17) is 16.3 Å². The van der Waals surface area contributed by atoms with Crippen LogP contribution < -0.4 is 0 Å². The van der Waals surface area contributed by atoms with E-state index < -0.39 is 10.0 Å². The summed E-state index contributed by atoms with van der Waals surface area (Å²) in [5, 5.41) is 0.133. The second kappa shape index (κ2) is 8.69. The van der Waals surface area contributed by atoms with Gasteiger partial charge in [-0.2, -0.15) is 4.31 Å². The number of amides is 1. The van der Waals surface area contributed by atoms with E-state index in [2.05, 4.69) is 6.92 Å². The van der Waals surface area contributed by atoms with Crippen molar-refractivity contribution in [3.8, 4) is 0 Å². The molecule has 0 saturated carbocycles. The predicted molar refractivity (Wildman–Crippen MR) is 109 cm³/mol. The molecule has 0 bridgehead atoms. The highest BCUT2D eigenvalue weighted by Crippen LogP contribution is 2.29. The molecule has 2 saturated heterocycles. The molecule has 8 heteroatoms. The molecule has 0 N–H and O–H groups in total. The number of piperidine rings is 1. The molecule has 2 aliphatic rings. The van der Waals surface area contributed by atoms with Crippen molar-refractivity contribution in [2.75, 3.05) is 19.6 Å². The highest BCUT2D eigenvalue weighted by atomic mass is 35.5. The molecule has 0 radical (unpaired) electrons. The average molecular weight is 429 g/mol. The van der Waals surface area contributed by atoms with Gasteiger partial charge in [-0.15, -0.1) is 0 Å². The van der Waals surface area contributed by atoms with E-state index in [1.807, 2.05) is 18.7 Å². The van der Waals surface area contributed by atoms with Crippen LogP contribution in [0.25, 0.3) is 0 Å². The number of likely N-dealkylation sites (tertiary alicyclic amines) is 1. The van der Waals surface area contributed by atoms with E-state index in [1.54, 1.807) is 6.07 Å². The van der Waals surface area contributed by atoms with E-state index in [9.17, 15) is 13.2 Å². The molecule has 3 unspecified atom stereocenters. The molecule has 28 heavy (non-hydrogen) atoms. The van der Waals surface area contributed by atoms with Gasteiger partial charge in [-0.05, 0) is 57.7 Å². The van der Waals surface area contributed by atoms with Crippen LogP contribution in [-0.2, 0) is 14.8 Å². The molecule has 1 amide bonds. The summed E-state index contributed by atoms with van der Waals surface area (Å²) in [6.45, 7) is 7.02. The lowest BCUT2D eigenvalue weighted by atomic mass is 9.99. The van der Waals surface area contributed by atoms with E-state index in [0.717, 1.165) is 25.7 Å². The molecule has 0 spiro atoms. The highest BCUT2D eigenvalue weighted by Gasteiger charge is 2.34. The lowest BCUT2D eigenvalue weighted by Crippen LogP contribution is -2.48. The highest BCUT2D eigenvalue weighted by molar-refractivity contribution is 7.89. The number of halogens is 1. The SMILES string of the molecule is CCC1CCCCN1C(=O)c1ccc(Cl)c(S(=O)(=O)N2CC(C)OC(C)C2)c1. The summed E-state index contributed by atoms with van der Waals surface area (Å²) in [6.07, 6.45) is 3.60. The van der Waals surface area contributed by atoms with E-state index >= 15 is 0 Å². The second-order valence-electron chi connectivity index (χ2n) is 7.78. The Balaban J connectivity index is 1.91. The largest absolute Gasteiger partial charge is 0.373 e. The zero-order valence-electron chi connectivity index (χ0n) is 16.7. The molecule has 2 aliphatic heterocycles. The zero-order valence-corrected chi connectivity index (χ0v) is 18.3. The number of ether oxygens (including phenoxy) is 1. The standard InChI is InChI=1S/C20H29ClN2O4S/c1-4-17-7-5-6-10-23(17)20(24)16-8-9-18(21)19(11-16)28(25,26)22-12-14(2)27-15(3)13-22/h8-9,11,14-15,17H,4-7,10,12-13H2,1-3H3. The van der Waals surface area contributed by atoms with Crippen LogP contribution in [0.4, 0.5) is 0 Å². The van der Waals surface area contributed by atoms with Gasteiger partial charge in [0.2, 0.25) is 10.0 Å². The summed E-state index contributed by atoms with van der Waals surface area (Å²) < 4.78 is 33.5. The summed E-state index contributed by atoms with van der Waals surface area (Å²) >= 11 is 6.26. The van der Waals surface area contributed by atoms with E-state index in [-0.39, 0.29) is 47.2 Å². The van der Waals surface area contributed by atoms with Crippen LogP contribution in [0.2, 0.25) is 5.02 Å². The van der Waals surface area contributed by atoms with Crippen molar-refractivity contribution in [1.82, 2.24) is 9.21 Å². The van der Waals surface area contributed by atoms with Gasteiger partial charge in [0, 0.05) is 31.2 Å². The number of hydrogen-bond donors (Lipinski definition) is 0. The topological polar surface area (TPSA) is 66.9 Å². The Kier molecular flexibility index (Phi) is 6.69. The second-order valence-corrected chi connectivity index (χ2v) is 10.1. The average Bonchev–Trinajstić information content (AvgIpc) is 2.67. The van der Waals surface area contributed by atoms with Crippen LogP contribution in [-0.4, -0.2) is 61.4 Å². The third-order valence-corrected chi connectivity index (χ3v) is 7.85. The molecule has 156 valence electrons. The van der Waals surface area contributed by atoms with Gasteiger partial charge in [0.05, 0.1) is 17.2 Å². The number of sulfonamides is 1. The lowest BCUT2D eigenvalue weighted by Gasteiger charge is -2.36. The fourth-order valence-electron chi connectivity index (χ4n) is 4.16. The minimum atomic E-state index is -3.81. The first-order valence-electron chi connectivity index (χ1n) is 10.00. The van der Waals surface area contributed by atoms with Crippen molar-refractivity contribution in [1.29, 1.82) is 0 Å². The van der Waals surface area contributed by atoms with Crippen molar-refractivity contribution >= 4 is 27.5 Å². The smallest absolute Gasteiger partial charge is 0.254 e. The Bertz CT molecular complexity index is 819. The summed E-state index contributed by atoms with van der Waals surface area (Å²) in [4.78, 5) is 15.0. The van der Waals surface area contributed by atoms with Crippen LogP contribution >= 0.6 is 11.6 Å². The van der Waals surface area contributed by atoms with Crippen molar-refractivity contribution in [2.45, 2.75) is 69.6 Å². The first-order valence-corrected chi connectivity index (χ1v) is 11.8. The van der Waals surface area contributed by atoms with Gasteiger partial charge in [0.15, 0.2) is 0 Å². The number of nitrogens with zero attached hydrogens (tertiary/aromatic N) is 2. The molecule has 3 atom stereocenters.